The van der Waals surface area contributed by atoms with Crippen LogP contribution in [-0.4, -0.2) is 7.11 Å². The van der Waals surface area contributed by atoms with Crippen molar-refractivity contribution < 1.29 is 4.74 Å². The van der Waals surface area contributed by atoms with Gasteiger partial charge in [-0.15, -0.1) is 0 Å². The van der Waals surface area contributed by atoms with E-state index < -0.39 is 0 Å². The van der Waals surface area contributed by atoms with E-state index >= 15 is 0 Å². The molecule has 1 unspecified atom stereocenters. The highest BCUT2D eigenvalue weighted by atomic mass is 16.5. The molecule has 0 heterocycles. The number of methoxy groups -OCH3 is 1. The van der Waals surface area contributed by atoms with Gasteiger partial charge in [0, 0.05) is 17.1 Å². The first-order chi connectivity index (χ1) is 12.2. The highest BCUT2D eigenvalue weighted by Gasteiger charge is 2.13. The van der Waals surface area contributed by atoms with Crippen molar-refractivity contribution in [2.75, 3.05) is 12.0 Å². The summed E-state index contributed by atoms with van der Waals surface area (Å²) in [5.74, 6) is 1.45. The van der Waals surface area contributed by atoms with Crippen LogP contribution in [0.1, 0.15) is 31.7 Å². The Morgan fingerprint density at radius 1 is 0.760 bits per heavy atom. The van der Waals surface area contributed by atoms with Gasteiger partial charge in [0.1, 0.15) is 5.75 Å². The largest absolute Gasteiger partial charge is 0.497 e. The lowest BCUT2D eigenvalue weighted by atomic mass is 9.98. The van der Waals surface area contributed by atoms with E-state index in [1.54, 1.807) is 7.11 Å². The molecule has 0 saturated heterocycles. The second-order valence-corrected chi connectivity index (χ2v) is 6.27. The van der Waals surface area contributed by atoms with E-state index in [0.717, 1.165) is 29.2 Å². The quantitative estimate of drug-likeness (QED) is 0.499. The van der Waals surface area contributed by atoms with Crippen molar-refractivity contribution in [2.45, 2.75) is 26.2 Å². The minimum Gasteiger partial charge on any atom is -0.497 e. The summed E-state index contributed by atoms with van der Waals surface area (Å²) in [4.78, 5) is 2.26. The summed E-state index contributed by atoms with van der Waals surface area (Å²) in [5.41, 5.74) is 4.80. The molecule has 2 heteroatoms. The Bertz CT molecular complexity index is 779. The van der Waals surface area contributed by atoms with Crippen LogP contribution in [0, 0.1) is 0 Å². The van der Waals surface area contributed by atoms with Gasteiger partial charge in [0.15, 0.2) is 0 Å². The molecule has 0 radical (unpaired) electrons. The standard InChI is InChI=1S/C23H25NO/c1-4-18(2)19-10-12-21(13-11-19)24(20-8-6-5-7-9-20)22-14-16-23(25-3)17-15-22/h5-18H,4H2,1-3H3. The highest BCUT2D eigenvalue weighted by Crippen LogP contribution is 2.35. The normalized spacial score (nSPS) is 11.8. The number of benzene rings is 3. The first kappa shape index (κ1) is 17.1. The topological polar surface area (TPSA) is 12.5 Å². The van der Waals surface area contributed by atoms with Gasteiger partial charge in [0.05, 0.1) is 7.11 Å². The molecule has 0 spiro atoms. The van der Waals surface area contributed by atoms with Crippen LogP contribution in [0.2, 0.25) is 0 Å². The van der Waals surface area contributed by atoms with Gasteiger partial charge in [-0.25, -0.2) is 0 Å². The van der Waals surface area contributed by atoms with E-state index in [0.29, 0.717) is 5.92 Å². The molecule has 0 aliphatic heterocycles. The third-order valence-electron chi connectivity index (χ3n) is 4.68. The molecule has 128 valence electrons. The Balaban J connectivity index is 2.02. The Kier molecular flexibility index (Phi) is 5.39. The van der Waals surface area contributed by atoms with Crippen molar-refractivity contribution in [2.24, 2.45) is 0 Å². The molecule has 0 aromatic heterocycles. The van der Waals surface area contributed by atoms with E-state index in [4.69, 9.17) is 4.74 Å². The summed E-state index contributed by atoms with van der Waals surface area (Å²) < 4.78 is 5.30. The zero-order valence-electron chi connectivity index (χ0n) is 15.1. The first-order valence-corrected chi connectivity index (χ1v) is 8.82. The lowest BCUT2D eigenvalue weighted by Crippen LogP contribution is -2.09. The monoisotopic (exact) mass is 331 g/mol. The van der Waals surface area contributed by atoms with Crippen molar-refractivity contribution >= 4 is 17.1 Å². The van der Waals surface area contributed by atoms with Crippen LogP contribution in [0.15, 0.2) is 78.9 Å². The van der Waals surface area contributed by atoms with Crippen LogP contribution in [-0.2, 0) is 0 Å². The summed E-state index contributed by atoms with van der Waals surface area (Å²) >= 11 is 0. The zero-order valence-corrected chi connectivity index (χ0v) is 15.1. The summed E-state index contributed by atoms with van der Waals surface area (Å²) in [6, 6.07) is 27.5. The second-order valence-electron chi connectivity index (χ2n) is 6.27. The smallest absolute Gasteiger partial charge is 0.119 e. The van der Waals surface area contributed by atoms with Gasteiger partial charge < -0.3 is 9.64 Å². The predicted molar refractivity (Wildman–Crippen MR) is 106 cm³/mol. The highest BCUT2D eigenvalue weighted by molar-refractivity contribution is 5.76. The number of hydrogen-bond donors (Lipinski definition) is 0. The van der Waals surface area contributed by atoms with Crippen molar-refractivity contribution in [1.29, 1.82) is 0 Å². The molecule has 0 amide bonds. The molecule has 0 aliphatic rings. The number of ether oxygens (including phenoxy) is 1. The molecule has 25 heavy (non-hydrogen) atoms. The van der Waals surface area contributed by atoms with E-state index in [9.17, 15) is 0 Å². The Morgan fingerprint density at radius 3 is 1.80 bits per heavy atom. The fourth-order valence-electron chi connectivity index (χ4n) is 2.94. The number of rotatable bonds is 6. The van der Waals surface area contributed by atoms with Crippen LogP contribution >= 0.6 is 0 Å². The maximum Gasteiger partial charge on any atom is 0.119 e. The zero-order chi connectivity index (χ0) is 17.6. The summed E-state index contributed by atoms with van der Waals surface area (Å²) in [6.07, 6.45) is 1.15. The van der Waals surface area contributed by atoms with E-state index in [2.05, 4.69) is 79.4 Å². The van der Waals surface area contributed by atoms with Crippen molar-refractivity contribution in [3.8, 4) is 5.75 Å². The minimum absolute atomic E-state index is 0.584. The number of nitrogens with zero attached hydrogens (tertiary/aromatic N) is 1. The number of anilines is 3. The lowest BCUT2D eigenvalue weighted by molar-refractivity contribution is 0.415. The molecule has 0 fully saturated rings. The summed E-state index contributed by atoms with van der Waals surface area (Å²) in [7, 11) is 1.69. The van der Waals surface area contributed by atoms with Gasteiger partial charge in [-0.2, -0.15) is 0 Å². The van der Waals surface area contributed by atoms with Crippen molar-refractivity contribution in [3.05, 3.63) is 84.4 Å². The van der Waals surface area contributed by atoms with Gasteiger partial charge in [0.25, 0.3) is 0 Å². The fourth-order valence-corrected chi connectivity index (χ4v) is 2.94. The third kappa shape index (κ3) is 3.85. The van der Waals surface area contributed by atoms with Crippen molar-refractivity contribution in [3.63, 3.8) is 0 Å². The van der Waals surface area contributed by atoms with Gasteiger partial charge in [-0.05, 0) is 66.4 Å². The van der Waals surface area contributed by atoms with Crippen LogP contribution in [0.25, 0.3) is 0 Å². The molecule has 3 rings (SSSR count). The predicted octanol–water partition coefficient (Wildman–Crippen LogP) is 6.68. The summed E-state index contributed by atoms with van der Waals surface area (Å²) in [6.45, 7) is 4.50. The van der Waals surface area contributed by atoms with Crippen LogP contribution in [0.3, 0.4) is 0 Å². The molecule has 0 N–H and O–H groups in total. The Hall–Kier alpha value is -2.74. The molecule has 0 bridgehead atoms. The maximum atomic E-state index is 5.30. The molecular formula is C23H25NO. The molecule has 0 saturated carbocycles. The van der Waals surface area contributed by atoms with Gasteiger partial charge in [-0.1, -0.05) is 44.2 Å². The van der Waals surface area contributed by atoms with Crippen LogP contribution < -0.4 is 9.64 Å². The SMILES string of the molecule is CCC(C)c1ccc(N(c2ccccc2)c2ccc(OC)cc2)cc1. The number of para-hydroxylation sites is 1. The molecule has 3 aromatic carbocycles. The molecule has 3 aromatic rings. The van der Waals surface area contributed by atoms with Gasteiger partial charge in [0.2, 0.25) is 0 Å². The van der Waals surface area contributed by atoms with Crippen molar-refractivity contribution in [1.82, 2.24) is 0 Å². The maximum absolute atomic E-state index is 5.30. The summed E-state index contributed by atoms with van der Waals surface area (Å²) in [5, 5.41) is 0. The lowest BCUT2D eigenvalue weighted by Gasteiger charge is -2.26. The molecule has 2 nitrogen and oxygen atoms in total. The fraction of sp³-hybridized carbons (Fsp3) is 0.217. The average molecular weight is 331 g/mol. The molecule has 1 atom stereocenters. The third-order valence-corrected chi connectivity index (χ3v) is 4.68. The van der Waals surface area contributed by atoms with Gasteiger partial charge >= 0.3 is 0 Å². The van der Waals surface area contributed by atoms with Gasteiger partial charge in [-0.3, -0.25) is 0 Å². The average Bonchev–Trinajstić information content (AvgIpc) is 2.69. The van der Waals surface area contributed by atoms with E-state index in [1.807, 2.05) is 18.2 Å². The number of hydrogen-bond acceptors (Lipinski definition) is 2. The molecular weight excluding hydrogens is 306 g/mol. The Labute approximate surface area is 150 Å². The second kappa shape index (κ2) is 7.89. The first-order valence-electron chi connectivity index (χ1n) is 8.82. The molecule has 0 aliphatic carbocycles. The Morgan fingerprint density at radius 2 is 1.28 bits per heavy atom. The minimum atomic E-state index is 0.584. The van der Waals surface area contributed by atoms with E-state index in [-0.39, 0.29) is 0 Å². The van der Waals surface area contributed by atoms with Crippen LogP contribution in [0.5, 0.6) is 5.75 Å². The van der Waals surface area contributed by atoms with Crippen LogP contribution in [0.4, 0.5) is 17.1 Å². The van der Waals surface area contributed by atoms with E-state index in [1.165, 1.54) is 5.56 Å².